The molecule has 0 unspecified atom stereocenters. The molecule has 1 aromatic carbocycles. The molecule has 23 heavy (non-hydrogen) atoms. The molecule has 2 nitrogen and oxygen atoms in total. The highest BCUT2D eigenvalue weighted by Crippen LogP contribution is 2.37. The average molecular weight is 399 g/mol. The molecule has 1 aromatic rings. The summed E-state index contributed by atoms with van der Waals surface area (Å²) in [6.45, 7) is 0. The van der Waals surface area contributed by atoms with E-state index in [4.69, 9.17) is 23.2 Å². The van der Waals surface area contributed by atoms with E-state index in [2.05, 4.69) is 10.3 Å². The standard InChI is InChI=1S/C12H10Cl2F6N2S/c1-21-10(4-11(15,16)17)22-8-3-9(7(14)2-6(8)13)23-5-12(18,19)20/h2-3H,4-5H2,1H3,(H,21,22). The number of anilines is 1. The van der Waals surface area contributed by atoms with E-state index in [1.165, 1.54) is 0 Å². The van der Waals surface area contributed by atoms with Crippen LogP contribution in [0.2, 0.25) is 10.0 Å². The largest absolute Gasteiger partial charge is 0.398 e. The van der Waals surface area contributed by atoms with Crippen LogP contribution in [0, 0.1) is 0 Å². The second kappa shape index (κ2) is 7.85. The highest BCUT2D eigenvalue weighted by atomic mass is 35.5. The molecule has 0 fully saturated rings. The first kappa shape index (κ1) is 20.2. The van der Waals surface area contributed by atoms with Crippen LogP contribution in [0.25, 0.3) is 0 Å². The van der Waals surface area contributed by atoms with Crippen LogP contribution in [0.4, 0.5) is 32.0 Å². The Morgan fingerprint density at radius 1 is 1.09 bits per heavy atom. The summed E-state index contributed by atoms with van der Waals surface area (Å²) >= 11 is 12.1. The molecular formula is C12H10Cl2F6N2S. The van der Waals surface area contributed by atoms with Gasteiger partial charge in [-0.25, -0.2) is 0 Å². The van der Waals surface area contributed by atoms with Gasteiger partial charge in [0, 0.05) is 11.9 Å². The van der Waals surface area contributed by atoms with Gasteiger partial charge in [-0.3, -0.25) is 4.99 Å². The van der Waals surface area contributed by atoms with Crippen molar-refractivity contribution in [1.82, 2.24) is 0 Å². The number of nitrogens with one attached hydrogen (secondary N) is 1. The molecule has 0 aliphatic carbocycles. The lowest BCUT2D eigenvalue weighted by atomic mass is 10.3. The van der Waals surface area contributed by atoms with E-state index in [9.17, 15) is 26.3 Å². The van der Waals surface area contributed by atoms with E-state index in [1.54, 1.807) is 0 Å². The van der Waals surface area contributed by atoms with Gasteiger partial charge in [0.05, 0.1) is 21.5 Å². The van der Waals surface area contributed by atoms with Crippen molar-refractivity contribution >= 4 is 46.5 Å². The molecule has 130 valence electrons. The molecular weight excluding hydrogens is 389 g/mol. The normalized spacial score (nSPS) is 13.3. The Bertz CT molecular complexity index is 586. The zero-order chi connectivity index (χ0) is 17.8. The Balaban J connectivity index is 2.98. The highest BCUT2D eigenvalue weighted by molar-refractivity contribution is 7.99. The number of nitrogens with zero attached hydrogens (tertiary/aromatic N) is 1. The van der Waals surface area contributed by atoms with Crippen molar-refractivity contribution in [3.8, 4) is 0 Å². The smallest absolute Gasteiger partial charge is 0.343 e. The van der Waals surface area contributed by atoms with Crippen LogP contribution in [0.1, 0.15) is 6.42 Å². The fourth-order valence-electron chi connectivity index (χ4n) is 1.42. The third kappa shape index (κ3) is 7.54. The number of benzene rings is 1. The lowest BCUT2D eigenvalue weighted by Crippen LogP contribution is -2.21. The maximum atomic E-state index is 12.4. The van der Waals surface area contributed by atoms with Crippen molar-refractivity contribution in [2.45, 2.75) is 23.7 Å². The third-order valence-electron chi connectivity index (χ3n) is 2.33. The minimum absolute atomic E-state index is 0.00871. The zero-order valence-corrected chi connectivity index (χ0v) is 13.8. The summed E-state index contributed by atoms with van der Waals surface area (Å²) < 4.78 is 73.9. The lowest BCUT2D eigenvalue weighted by molar-refractivity contribution is -0.121. The quantitative estimate of drug-likeness (QED) is 0.289. The molecule has 0 saturated heterocycles. The van der Waals surface area contributed by atoms with Gasteiger partial charge >= 0.3 is 12.4 Å². The van der Waals surface area contributed by atoms with E-state index < -0.39 is 30.4 Å². The summed E-state index contributed by atoms with van der Waals surface area (Å²) in [5, 5.41) is 2.30. The van der Waals surface area contributed by atoms with Crippen LogP contribution in [-0.4, -0.2) is 31.0 Å². The van der Waals surface area contributed by atoms with Crippen molar-refractivity contribution in [3.05, 3.63) is 22.2 Å². The molecule has 0 bridgehead atoms. The molecule has 11 heteroatoms. The molecule has 0 atom stereocenters. The zero-order valence-electron chi connectivity index (χ0n) is 11.4. The van der Waals surface area contributed by atoms with Crippen LogP contribution in [0.5, 0.6) is 0 Å². The molecule has 0 heterocycles. The van der Waals surface area contributed by atoms with Crippen LogP contribution < -0.4 is 5.32 Å². The first-order valence-electron chi connectivity index (χ1n) is 5.89. The van der Waals surface area contributed by atoms with Gasteiger partial charge in [0.15, 0.2) is 0 Å². The number of hydrogen-bond acceptors (Lipinski definition) is 2. The number of aliphatic imine (C=N–C) groups is 1. The molecule has 1 N–H and O–H groups in total. The number of rotatable bonds is 4. The van der Waals surface area contributed by atoms with Gasteiger partial charge in [-0.05, 0) is 12.1 Å². The topological polar surface area (TPSA) is 24.4 Å². The molecule has 0 saturated carbocycles. The van der Waals surface area contributed by atoms with Crippen molar-refractivity contribution < 1.29 is 26.3 Å². The minimum atomic E-state index is -4.49. The van der Waals surface area contributed by atoms with E-state index in [0.717, 1.165) is 19.2 Å². The van der Waals surface area contributed by atoms with Crippen molar-refractivity contribution in [2.24, 2.45) is 4.99 Å². The van der Waals surface area contributed by atoms with Gasteiger partial charge in [-0.1, -0.05) is 23.2 Å². The van der Waals surface area contributed by atoms with E-state index in [-0.39, 0.29) is 20.6 Å². The number of alkyl halides is 6. The predicted molar refractivity (Wildman–Crippen MR) is 80.9 cm³/mol. The van der Waals surface area contributed by atoms with Crippen LogP contribution in [0.15, 0.2) is 22.0 Å². The Hall–Kier alpha value is -0.800. The Kier molecular flexibility index (Phi) is 6.91. The van der Waals surface area contributed by atoms with Crippen molar-refractivity contribution in [2.75, 3.05) is 18.1 Å². The lowest BCUT2D eigenvalue weighted by Gasteiger charge is -2.15. The first-order chi connectivity index (χ1) is 10.4. The maximum Gasteiger partial charge on any atom is 0.398 e. The molecule has 0 spiro atoms. The summed E-state index contributed by atoms with van der Waals surface area (Å²) in [5.74, 6) is -1.61. The van der Waals surface area contributed by atoms with Gasteiger partial charge in [0.2, 0.25) is 0 Å². The van der Waals surface area contributed by atoms with Crippen LogP contribution in [0.3, 0.4) is 0 Å². The van der Waals surface area contributed by atoms with E-state index >= 15 is 0 Å². The monoisotopic (exact) mass is 398 g/mol. The Labute approximate surface area is 142 Å². The Morgan fingerprint density at radius 2 is 1.70 bits per heavy atom. The van der Waals surface area contributed by atoms with Gasteiger partial charge < -0.3 is 5.32 Å². The number of amidine groups is 1. The summed E-state index contributed by atoms with van der Waals surface area (Å²) in [7, 11) is 1.15. The second-order valence-electron chi connectivity index (χ2n) is 4.25. The summed E-state index contributed by atoms with van der Waals surface area (Å²) in [6.07, 6.45) is -10.2. The SMILES string of the molecule is CN=C(CC(F)(F)F)Nc1cc(SCC(F)(F)F)c(Cl)cc1Cl. The first-order valence-corrected chi connectivity index (χ1v) is 7.63. The second-order valence-corrected chi connectivity index (χ2v) is 6.09. The molecule has 0 radical (unpaired) electrons. The molecule has 0 aliphatic rings. The van der Waals surface area contributed by atoms with E-state index in [1.807, 2.05) is 0 Å². The Morgan fingerprint density at radius 3 is 2.17 bits per heavy atom. The molecule has 0 aliphatic heterocycles. The average Bonchev–Trinajstić information content (AvgIpc) is 2.36. The molecule has 0 aromatic heterocycles. The minimum Gasteiger partial charge on any atom is -0.343 e. The van der Waals surface area contributed by atoms with Crippen molar-refractivity contribution in [3.63, 3.8) is 0 Å². The predicted octanol–water partition coefficient (Wildman–Crippen LogP) is 6.04. The number of halogens is 8. The third-order valence-corrected chi connectivity index (χ3v) is 4.19. The molecule has 0 amide bonds. The van der Waals surface area contributed by atoms with Gasteiger partial charge in [-0.15, -0.1) is 11.8 Å². The van der Waals surface area contributed by atoms with Crippen LogP contribution in [-0.2, 0) is 0 Å². The van der Waals surface area contributed by atoms with Gasteiger partial charge in [0.25, 0.3) is 0 Å². The number of thioether (sulfide) groups is 1. The fraction of sp³-hybridized carbons (Fsp3) is 0.417. The fourth-order valence-corrected chi connectivity index (χ4v) is 2.73. The summed E-state index contributed by atoms with van der Waals surface area (Å²) in [5.41, 5.74) is -0.00871. The van der Waals surface area contributed by atoms with Crippen LogP contribution >= 0.6 is 35.0 Å². The van der Waals surface area contributed by atoms with Gasteiger partial charge in [-0.2, -0.15) is 26.3 Å². The maximum absolute atomic E-state index is 12.4. The summed E-state index contributed by atoms with van der Waals surface area (Å²) in [4.78, 5) is 3.49. The van der Waals surface area contributed by atoms with Crippen molar-refractivity contribution in [1.29, 1.82) is 0 Å². The van der Waals surface area contributed by atoms with Gasteiger partial charge in [0.1, 0.15) is 12.3 Å². The highest BCUT2D eigenvalue weighted by Gasteiger charge is 2.30. The molecule has 1 rings (SSSR count). The van der Waals surface area contributed by atoms with E-state index in [0.29, 0.717) is 11.8 Å². The summed E-state index contributed by atoms with van der Waals surface area (Å²) in [6, 6.07) is 2.31. The number of hydrogen-bond donors (Lipinski definition) is 1.